The molecule has 0 unspecified atom stereocenters. The number of hydrogen-bond acceptors (Lipinski definition) is 5. The molecule has 5 rings (SSSR count). The van der Waals surface area contributed by atoms with Crippen LogP contribution in [-0.2, 0) is 11.3 Å². The number of aromatic nitrogens is 2. The number of likely N-dealkylation sites (tertiary alicyclic amines) is 1. The molecule has 1 amide bonds. The molecule has 1 fully saturated rings. The van der Waals surface area contributed by atoms with Crippen molar-refractivity contribution in [2.24, 2.45) is 5.73 Å². The Morgan fingerprint density at radius 2 is 1.77 bits per heavy atom. The van der Waals surface area contributed by atoms with Crippen molar-refractivity contribution in [2.45, 2.75) is 39.3 Å². The number of rotatable bonds is 8. The molecule has 2 heterocycles. The van der Waals surface area contributed by atoms with Crippen molar-refractivity contribution in [1.29, 1.82) is 0 Å². The van der Waals surface area contributed by atoms with E-state index >= 15 is 0 Å². The highest BCUT2D eigenvalue weighted by molar-refractivity contribution is 6.09. The van der Waals surface area contributed by atoms with E-state index in [1.165, 1.54) is 0 Å². The molecule has 7 nitrogen and oxygen atoms in total. The Bertz CT molecular complexity index is 1550. The Balaban J connectivity index is 1.32. The molecule has 3 aromatic carbocycles. The molecule has 1 aliphatic heterocycles. The number of amides is 1. The SMILES string of the molecule is COc1cc(/C=C2\CCCN([C@@H](C)c3ccc(C(=O)c4ccc(CN)cc4)cc3)C2=O)ccc1-n1cnc(C)c1. The van der Waals surface area contributed by atoms with Crippen LogP contribution in [0.25, 0.3) is 11.8 Å². The number of nitrogens with zero attached hydrogens (tertiary/aromatic N) is 3. The van der Waals surface area contributed by atoms with E-state index in [1.807, 2.05) is 102 Å². The van der Waals surface area contributed by atoms with Gasteiger partial charge in [0.15, 0.2) is 5.78 Å². The Kier molecular flexibility index (Phi) is 7.94. The van der Waals surface area contributed by atoms with Crippen LogP contribution >= 0.6 is 0 Å². The highest BCUT2D eigenvalue weighted by Crippen LogP contribution is 2.31. The maximum atomic E-state index is 13.6. The van der Waals surface area contributed by atoms with Crippen molar-refractivity contribution in [3.8, 4) is 11.4 Å². The summed E-state index contributed by atoms with van der Waals surface area (Å²) in [5.41, 5.74) is 12.4. The number of ether oxygens (including phenoxy) is 1. The van der Waals surface area contributed by atoms with Crippen molar-refractivity contribution in [3.63, 3.8) is 0 Å². The number of aryl methyl sites for hydroxylation is 1. The summed E-state index contributed by atoms with van der Waals surface area (Å²) in [5.74, 6) is 0.712. The number of methoxy groups -OCH3 is 1. The van der Waals surface area contributed by atoms with Gasteiger partial charge in [0.05, 0.1) is 30.9 Å². The van der Waals surface area contributed by atoms with Crippen LogP contribution in [0.2, 0.25) is 0 Å². The van der Waals surface area contributed by atoms with E-state index in [1.54, 1.807) is 13.4 Å². The average Bonchev–Trinajstić information content (AvgIpc) is 3.43. The second-order valence-corrected chi connectivity index (χ2v) is 10.2. The van der Waals surface area contributed by atoms with Gasteiger partial charge in [-0.15, -0.1) is 0 Å². The zero-order valence-corrected chi connectivity index (χ0v) is 23.1. The third kappa shape index (κ3) is 5.60. The summed E-state index contributed by atoms with van der Waals surface area (Å²) < 4.78 is 7.57. The minimum Gasteiger partial charge on any atom is -0.495 e. The molecule has 2 N–H and O–H groups in total. The monoisotopic (exact) mass is 534 g/mol. The number of carbonyl (C=O) groups excluding carboxylic acids is 2. The summed E-state index contributed by atoms with van der Waals surface area (Å²) in [6.07, 6.45) is 7.29. The van der Waals surface area contributed by atoms with Gasteiger partial charge < -0.3 is 19.9 Å². The molecule has 40 heavy (non-hydrogen) atoms. The molecule has 0 spiro atoms. The molecule has 1 aromatic heterocycles. The third-order valence-electron chi connectivity index (χ3n) is 7.49. The van der Waals surface area contributed by atoms with E-state index < -0.39 is 0 Å². The van der Waals surface area contributed by atoms with Crippen molar-refractivity contribution >= 4 is 17.8 Å². The van der Waals surface area contributed by atoms with Gasteiger partial charge in [-0.1, -0.05) is 54.6 Å². The van der Waals surface area contributed by atoms with Crippen molar-refractivity contribution in [1.82, 2.24) is 14.5 Å². The summed E-state index contributed by atoms with van der Waals surface area (Å²) in [6, 6.07) is 20.7. The van der Waals surface area contributed by atoms with Crippen LogP contribution < -0.4 is 10.5 Å². The molecule has 204 valence electrons. The lowest BCUT2D eigenvalue weighted by Gasteiger charge is -2.34. The maximum Gasteiger partial charge on any atom is 0.250 e. The first-order valence-electron chi connectivity index (χ1n) is 13.5. The van der Waals surface area contributed by atoms with Gasteiger partial charge in [0.2, 0.25) is 5.91 Å². The number of carbonyl (C=O) groups is 2. The predicted octanol–water partition coefficient (Wildman–Crippen LogP) is 5.65. The normalized spacial score (nSPS) is 15.3. The van der Waals surface area contributed by atoms with Crippen LogP contribution in [0, 0.1) is 6.92 Å². The maximum absolute atomic E-state index is 13.6. The number of ketones is 1. The van der Waals surface area contributed by atoms with E-state index in [4.69, 9.17) is 10.5 Å². The van der Waals surface area contributed by atoms with Gasteiger partial charge in [-0.25, -0.2) is 4.98 Å². The second kappa shape index (κ2) is 11.7. The Morgan fingerprint density at radius 1 is 1.07 bits per heavy atom. The first kappa shape index (κ1) is 27.1. The van der Waals surface area contributed by atoms with Crippen molar-refractivity contribution < 1.29 is 14.3 Å². The van der Waals surface area contributed by atoms with Gasteiger partial charge in [-0.2, -0.15) is 0 Å². The number of piperidine rings is 1. The summed E-state index contributed by atoms with van der Waals surface area (Å²) >= 11 is 0. The lowest BCUT2D eigenvalue weighted by molar-refractivity contribution is -0.130. The van der Waals surface area contributed by atoms with Gasteiger partial charge in [0, 0.05) is 36.0 Å². The number of nitrogens with two attached hydrogens (primary N) is 1. The molecule has 1 saturated heterocycles. The Hall–Kier alpha value is -4.49. The van der Waals surface area contributed by atoms with E-state index in [2.05, 4.69) is 4.98 Å². The fourth-order valence-electron chi connectivity index (χ4n) is 5.14. The summed E-state index contributed by atoms with van der Waals surface area (Å²) in [6.45, 7) is 5.11. The summed E-state index contributed by atoms with van der Waals surface area (Å²) in [7, 11) is 1.64. The molecule has 4 aromatic rings. The third-order valence-corrected chi connectivity index (χ3v) is 7.49. The molecular weight excluding hydrogens is 500 g/mol. The summed E-state index contributed by atoms with van der Waals surface area (Å²) in [4.78, 5) is 32.7. The van der Waals surface area contributed by atoms with Gasteiger partial charge in [0.1, 0.15) is 5.75 Å². The predicted molar refractivity (Wildman–Crippen MR) is 156 cm³/mol. The van der Waals surface area contributed by atoms with Crippen LogP contribution in [0.15, 0.2) is 84.8 Å². The average molecular weight is 535 g/mol. The number of hydrogen-bond donors (Lipinski definition) is 1. The molecule has 0 radical (unpaired) electrons. The number of imidazole rings is 1. The Labute approximate surface area is 234 Å². The molecule has 0 aliphatic carbocycles. The van der Waals surface area contributed by atoms with Crippen LogP contribution in [-0.4, -0.2) is 39.8 Å². The van der Waals surface area contributed by atoms with Crippen molar-refractivity contribution in [3.05, 3.63) is 118 Å². The minimum atomic E-state index is -0.120. The summed E-state index contributed by atoms with van der Waals surface area (Å²) in [5, 5.41) is 0. The van der Waals surface area contributed by atoms with Crippen LogP contribution in [0.5, 0.6) is 5.75 Å². The molecule has 7 heteroatoms. The quantitative estimate of drug-likeness (QED) is 0.233. The largest absolute Gasteiger partial charge is 0.495 e. The topological polar surface area (TPSA) is 90.5 Å². The van der Waals surface area contributed by atoms with Crippen LogP contribution in [0.3, 0.4) is 0 Å². The van der Waals surface area contributed by atoms with Crippen LogP contribution in [0.4, 0.5) is 0 Å². The molecule has 1 aliphatic rings. The smallest absolute Gasteiger partial charge is 0.250 e. The van der Waals surface area contributed by atoms with E-state index in [0.717, 1.165) is 46.5 Å². The minimum absolute atomic E-state index is 0.0344. The van der Waals surface area contributed by atoms with Gasteiger partial charge in [-0.05, 0) is 61.6 Å². The van der Waals surface area contributed by atoms with Gasteiger partial charge in [-0.3, -0.25) is 9.59 Å². The van der Waals surface area contributed by atoms with Crippen molar-refractivity contribution in [2.75, 3.05) is 13.7 Å². The van der Waals surface area contributed by atoms with Crippen LogP contribution in [0.1, 0.15) is 64.1 Å². The molecule has 1 atom stereocenters. The van der Waals surface area contributed by atoms with E-state index in [-0.39, 0.29) is 17.7 Å². The lowest BCUT2D eigenvalue weighted by Crippen LogP contribution is -2.38. The van der Waals surface area contributed by atoms with E-state index in [9.17, 15) is 9.59 Å². The van der Waals surface area contributed by atoms with E-state index in [0.29, 0.717) is 30.0 Å². The standard InChI is InChI=1S/C33H34N4O3/c1-22-20-36(21-35-22)30-15-8-25(18-31(30)40-3)17-29-5-4-16-37(33(29)39)23(2)26-11-13-28(14-12-26)32(38)27-9-6-24(19-34)7-10-27/h6-15,17-18,20-21,23H,4-5,16,19,34H2,1-3H3/b29-17+/t23-/m0/s1. The zero-order valence-electron chi connectivity index (χ0n) is 23.1. The molecular formula is C33H34N4O3. The fraction of sp³-hybridized carbons (Fsp3) is 0.242. The fourth-order valence-corrected chi connectivity index (χ4v) is 5.14. The molecule has 0 bridgehead atoms. The number of benzene rings is 3. The highest BCUT2D eigenvalue weighted by atomic mass is 16.5. The van der Waals surface area contributed by atoms with Gasteiger partial charge >= 0.3 is 0 Å². The Morgan fingerprint density at radius 3 is 2.40 bits per heavy atom. The molecule has 0 saturated carbocycles. The highest BCUT2D eigenvalue weighted by Gasteiger charge is 2.28. The zero-order chi connectivity index (χ0) is 28.2. The van der Waals surface area contributed by atoms with Gasteiger partial charge in [0.25, 0.3) is 0 Å². The first-order chi connectivity index (χ1) is 19.4. The second-order valence-electron chi connectivity index (χ2n) is 10.2. The first-order valence-corrected chi connectivity index (χ1v) is 13.5. The lowest BCUT2D eigenvalue weighted by atomic mass is 9.96.